The maximum absolute atomic E-state index is 4.60. The zero-order chi connectivity index (χ0) is 11.1. The molecule has 0 aliphatic carbocycles. The van der Waals surface area contributed by atoms with Crippen LogP contribution in [-0.2, 0) is 6.42 Å². The molecule has 0 saturated heterocycles. The minimum Gasteiger partial charge on any atom is -0.384 e. The van der Waals surface area contributed by atoms with Gasteiger partial charge in [-0.25, -0.2) is 4.98 Å². The van der Waals surface area contributed by atoms with Crippen molar-refractivity contribution in [2.75, 3.05) is 11.9 Å². The lowest BCUT2D eigenvalue weighted by atomic mass is 10.1. The lowest BCUT2D eigenvalue weighted by Crippen LogP contribution is -1.90. The summed E-state index contributed by atoms with van der Waals surface area (Å²) in [5.41, 5.74) is 5.11. The maximum Gasteiger partial charge on any atom is 0.123 e. The zero-order valence-corrected chi connectivity index (χ0v) is 10.3. The van der Waals surface area contributed by atoms with Crippen molar-refractivity contribution in [2.45, 2.75) is 20.3 Å². The third-order valence-electron chi connectivity index (χ3n) is 3.09. The first-order valence-electron chi connectivity index (χ1n) is 5.55. The fourth-order valence-corrected chi connectivity index (χ4v) is 2.94. The van der Waals surface area contributed by atoms with E-state index in [0.717, 1.165) is 23.7 Å². The molecule has 1 aliphatic heterocycles. The molecule has 0 saturated carbocycles. The number of hydrogen-bond acceptors (Lipinski definition) is 3. The Balaban J connectivity index is 2.07. The number of aromatic nitrogens is 1. The highest BCUT2D eigenvalue weighted by molar-refractivity contribution is 7.15. The van der Waals surface area contributed by atoms with Crippen LogP contribution < -0.4 is 5.32 Å². The number of rotatable bonds is 1. The van der Waals surface area contributed by atoms with Crippen LogP contribution in [-0.4, -0.2) is 11.5 Å². The fraction of sp³-hybridized carbons (Fsp3) is 0.308. The van der Waals surface area contributed by atoms with Gasteiger partial charge in [0.25, 0.3) is 0 Å². The topological polar surface area (TPSA) is 24.9 Å². The fourth-order valence-electron chi connectivity index (χ4n) is 2.03. The number of fused-ring (bicyclic) bond motifs is 1. The molecule has 1 N–H and O–H groups in total. The summed E-state index contributed by atoms with van der Waals surface area (Å²) in [5.74, 6) is 0. The molecule has 0 bridgehead atoms. The van der Waals surface area contributed by atoms with Gasteiger partial charge < -0.3 is 5.32 Å². The third kappa shape index (κ3) is 1.52. The van der Waals surface area contributed by atoms with Gasteiger partial charge in [-0.3, -0.25) is 0 Å². The van der Waals surface area contributed by atoms with Crippen LogP contribution in [0.1, 0.15) is 16.1 Å². The van der Waals surface area contributed by atoms with Crippen molar-refractivity contribution in [3.8, 4) is 10.6 Å². The average Bonchev–Trinajstić information content (AvgIpc) is 2.85. The van der Waals surface area contributed by atoms with Gasteiger partial charge in [0.05, 0.1) is 5.69 Å². The second-order valence-corrected chi connectivity index (χ2v) is 5.41. The first-order valence-corrected chi connectivity index (χ1v) is 6.37. The highest BCUT2D eigenvalue weighted by atomic mass is 32.1. The number of nitrogens with zero attached hydrogens (tertiary/aromatic N) is 1. The van der Waals surface area contributed by atoms with Gasteiger partial charge in [0.15, 0.2) is 0 Å². The maximum atomic E-state index is 4.60. The van der Waals surface area contributed by atoms with E-state index in [4.69, 9.17) is 0 Å². The number of benzene rings is 1. The summed E-state index contributed by atoms with van der Waals surface area (Å²) >= 11 is 1.78. The molecule has 3 heteroatoms. The second kappa shape index (κ2) is 3.59. The van der Waals surface area contributed by atoms with Crippen molar-refractivity contribution < 1.29 is 0 Å². The Morgan fingerprint density at radius 2 is 2.19 bits per heavy atom. The van der Waals surface area contributed by atoms with Crippen molar-refractivity contribution in [3.63, 3.8) is 0 Å². The highest BCUT2D eigenvalue weighted by Gasteiger charge is 2.12. The molecule has 2 nitrogen and oxygen atoms in total. The summed E-state index contributed by atoms with van der Waals surface area (Å²) in [6.07, 6.45) is 1.13. The minimum absolute atomic E-state index is 1.06. The molecule has 2 aromatic rings. The van der Waals surface area contributed by atoms with Gasteiger partial charge in [0, 0.05) is 22.7 Å². The van der Waals surface area contributed by atoms with E-state index in [1.165, 1.54) is 21.7 Å². The van der Waals surface area contributed by atoms with E-state index in [2.05, 4.69) is 42.3 Å². The van der Waals surface area contributed by atoms with Gasteiger partial charge in [-0.15, -0.1) is 11.3 Å². The van der Waals surface area contributed by atoms with E-state index < -0.39 is 0 Å². The molecule has 1 aliphatic rings. The number of aryl methyl sites for hydroxylation is 2. The second-order valence-electron chi connectivity index (χ2n) is 4.21. The van der Waals surface area contributed by atoms with E-state index >= 15 is 0 Å². The van der Waals surface area contributed by atoms with Crippen LogP contribution in [0.2, 0.25) is 0 Å². The number of nitrogens with one attached hydrogen (secondary N) is 1. The Hall–Kier alpha value is -1.35. The van der Waals surface area contributed by atoms with E-state index in [9.17, 15) is 0 Å². The molecule has 0 spiro atoms. The standard InChI is InChI=1S/C13H14N2S/c1-8-9(2)16-13(15-8)11-3-4-12-10(7-11)5-6-14-12/h3-4,7,14H,5-6H2,1-2H3. The van der Waals surface area contributed by atoms with Crippen LogP contribution in [0, 0.1) is 13.8 Å². The molecule has 16 heavy (non-hydrogen) atoms. The van der Waals surface area contributed by atoms with E-state index in [-0.39, 0.29) is 0 Å². The predicted molar refractivity (Wildman–Crippen MR) is 69.2 cm³/mol. The average molecular weight is 230 g/mol. The predicted octanol–water partition coefficient (Wildman–Crippen LogP) is 3.39. The van der Waals surface area contributed by atoms with E-state index in [1.807, 2.05) is 0 Å². The number of hydrogen-bond donors (Lipinski definition) is 1. The number of thiazole rings is 1. The normalized spacial score (nSPS) is 13.6. The molecule has 1 aromatic heterocycles. The Morgan fingerprint density at radius 3 is 2.94 bits per heavy atom. The van der Waals surface area contributed by atoms with Gasteiger partial charge >= 0.3 is 0 Å². The molecule has 0 radical (unpaired) electrons. The summed E-state index contributed by atoms with van der Waals surface area (Å²) in [6, 6.07) is 6.60. The van der Waals surface area contributed by atoms with E-state index in [0.29, 0.717) is 0 Å². The van der Waals surface area contributed by atoms with Crippen LogP contribution >= 0.6 is 11.3 Å². The Morgan fingerprint density at radius 1 is 1.31 bits per heavy atom. The van der Waals surface area contributed by atoms with Crippen LogP contribution in [0.5, 0.6) is 0 Å². The molecule has 0 amide bonds. The molecular weight excluding hydrogens is 216 g/mol. The van der Waals surface area contributed by atoms with Crippen molar-refractivity contribution in [1.82, 2.24) is 4.98 Å². The van der Waals surface area contributed by atoms with Crippen LogP contribution in [0.3, 0.4) is 0 Å². The summed E-state index contributed by atoms with van der Waals surface area (Å²) in [6.45, 7) is 5.27. The van der Waals surface area contributed by atoms with Gasteiger partial charge in [-0.1, -0.05) is 0 Å². The van der Waals surface area contributed by atoms with Crippen molar-refractivity contribution in [3.05, 3.63) is 34.3 Å². The lowest BCUT2D eigenvalue weighted by Gasteiger charge is -2.01. The molecule has 0 unspecified atom stereocenters. The van der Waals surface area contributed by atoms with Crippen LogP contribution in [0.15, 0.2) is 18.2 Å². The minimum atomic E-state index is 1.06. The highest BCUT2D eigenvalue weighted by Crippen LogP contribution is 2.31. The molecule has 3 rings (SSSR count). The monoisotopic (exact) mass is 230 g/mol. The number of anilines is 1. The van der Waals surface area contributed by atoms with E-state index in [1.54, 1.807) is 11.3 Å². The molecule has 0 fully saturated rings. The molecule has 0 atom stereocenters. The Labute approximate surface area is 99.4 Å². The molecule has 82 valence electrons. The van der Waals surface area contributed by atoms with Crippen LogP contribution in [0.25, 0.3) is 10.6 Å². The smallest absolute Gasteiger partial charge is 0.123 e. The third-order valence-corrected chi connectivity index (χ3v) is 4.21. The summed E-state index contributed by atoms with van der Waals surface area (Å²) in [4.78, 5) is 5.92. The Kier molecular flexibility index (Phi) is 2.21. The molecule has 2 heterocycles. The van der Waals surface area contributed by atoms with Gasteiger partial charge in [0.1, 0.15) is 5.01 Å². The molecular formula is C13H14N2S. The summed E-state index contributed by atoms with van der Waals surface area (Å²) in [5, 5.41) is 4.52. The summed E-state index contributed by atoms with van der Waals surface area (Å²) < 4.78 is 0. The quantitative estimate of drug-likeness (QED) is 0.812. The van der Waals surface area contributed by atoms with Gasteiger partial charge in [-0.2, -0.15) is 0 Å². The van der Waals surface area contributed by atoms with Crippen molar-refractivity contribution >= 4 is 17.0 Å². The molecule has 1 aromatic carbocycles. The van der Waals surface area contributed by atoms with Gasteiger partial charge in [-0.05, 0) is 44.0 Å². The largest absolute Gasteiger partial charge is 0.384 e. The lowest BCUT2D eigenvalue weighted by molar-refractivity contribution is 1.11. The zero-order valence-electron chi connectivity index (χ0n) is 9.50. The first kappa shape index (κ1) is 9.85. The van der Waals surface area contributed by atoms with Crippen molar-refractivity contribution in [2.24, 2.45) is 0 Å². The summed E-state index contributed by atoms with van der Waals surface area (Å²) in [7, 11) is 0. The van der Waals surface area contributed by atoms with Crippen LogP contribution in [0.4, 0.5) is 5.69 Å². The van der Waals surface area contributed by atoms with Crippen molar-refractivity contribution in [1.29, 1.82) is 0 Å². The SMILES string of the molecule is Cc1nc(-c2ccc3c(c2)CCN3)sc1C. The Bertz CT molecular complexity index is 523. The van der Waals surface area contributed by atoms with Gasteiger partial charge in [0.2, 0.25) is 0 Å². The first-order chi connectivity index (χ1) is 7.74.